The van der Waals surface area contributed by atoms with E-state index in [1.807, 2.05) is 6.07 Å². The Kier molecular flexibility index (Phi) is 3.53. The van der Waals surface area contributed by atoms with Gasteiger partial charge in [0.1, 0.15) is 5.75 Å². The molecule has 92 valence electrons. The number of carbonyl (C=O) groups is 1. The van der Waals surface area contributed by atoms with Crippen molar-refractivity contribution in [2.75, 3.05) is 7.11 Å². The van der Waals surface area contributed by atoms with E-state index in [9.17, 15) is 4.79 Å². The van der Waals surface area contributed by atoms with Crippen LogP contribution < -0.4 is 4.74 Å². The Hall–Kier alpha value is -2.00. The number of ether oxygens (including phenoxy) is 1. The molecule has 2 aromatic carbocycles. The summed E-state index contributed by atoms with van der Waals surface area (Å²) in [6.45, 7) is 0. The Morgan fingerprint density at radius 1 is 1.17 bits per heavy atom. The zero-order valence-corrected chi connectivity index (χ0v) is 10.4. The summed E-state index contributed by atoms with van der Waals surface area (Å²) in [5.41, 5.74) is 1.82. The van der Waals surface area contributed by atoms with Crippen LogP contribution in [0.1, 0.15) is 10.4 Å². The molecule has 0 unspecified atom stereocenters. The van der Waals surface area contributed by atoms with Crippen molar-refractivity contribution in [2.45, 2.75) is 0 Å². The Morgan fingerprint density at radius 2 is 1.83 bits per heavy atom. The predicted octanol–water partition coefficient (Wildman–Crippen LogP) is 3.71. The van der Waals surface area contributed by atoms with E-state index in [2.05, 4.69) is 0 Å². The first-order valence-electron chi connectivity index (χ1n) is 5.29. The van der Waals surface area contributed by atoms with Gasteiger partial charge in [0.05, 0.1) is 17.7 Å². The highest BCUT2D eigenvalue weighted by molar-refractivity contribution is 6.33. The molecular formula is C14H11ClO3. The summed E-state index contributed by atoms with van der Waals surface area (Å²) in [4.78, 5) is 10.8. The zero-order valence-electron chi connectivity index (χ0n) is 9.68. The Bertz CT molecular complexity index is 576. The summed E-state index contributed by atoms with van der Waals surface area (Å²) in [5, 5.41) is 9.42. The van der Waals surface area contributed by atoms with Gasteiger partial charge < -0.3 is 9.84 Å². The number of benzene rings is 2. The van der Waals surface area contributed by atoms with Gasteiger partial charge in [-0.3, -0.25) is 0 Å². The normalized spacial score (nSPS) is 10.1. The van der Waals surface area contributed by atoms with Crippen LogP contribution in [0.15, 0.2) is 42.5 Å². The van der Waals surface area contributed by atoms with Gasteiger partial charge in [0.25, 0.3) is 0 Å². The van der Waals surface area contributed by atoms with Crippen LogP contribution in [0.2, 0.25) is 5.02 Å². The van der Waals surface area contributed by atoms with Crippen molar-refractivity contribution in [2.24, 2.45) is 0 Å². The van der Waals surface area contributed by atoms with E-state index < -0.39 is 5.97 Å². The van der Waals surface area contributed by atoms with E-state index in [-0.39, 0.29) is 5.56 Å². The van der Waals surface area contributed by atoms with Gasteiger partial charge in [-0.2, -0.15) is 0 Å². The molecule has 0 saturated heterocycles. The van der Waals surface area contributed by atoms with Crippen molar-refractivity contribution < 1.29 is 14.6 Å². The fourth-order valence-electron chi connectivity index (χ4n) is 1.73. The van der Waals surface area contributed by atoms with Gasteiger partial charge in [-0.25, -0.2) is 4.79 Å². The minimum Gasteiger partial charge on any atom is -0.496 e. The third-order valence-electron chi connectivity index (χ3n) is 2.62. The van der Waals surface area contributed by atoms with Crippen molar-refractivity contribution >= 4 is 17.6 Å². The molecule has 0 aliphatic rings. The van der Waals surface area contributed by atoms with Gasteiger partial charge in [0.15, 0.2) is 0 Å². The van der Waals surface area contributed by atoms with Gasteiger partial charge in [0, 0.05) is 5.56 Å². The number of carboxylic acid groups (broad SMARTS) is 1. The third-order valence-corrected chi connectivity index (χ3v) is 2.93. The molecule has 0 bridgehead atoms. The average molecular weight is 263 g/mol. The van der Waals surface area contributed by atoms with Crippen molar-refractivity contribution in [3.05, 3.63) is 53.1 Å². The Balaban J connectivity index is 2.52. The molecule has 0 amide bonds. The van der Waals surface area contributed by atoms with E-state index >= 15 is 0 Å². The summed E-state index contributed by atoms with van der Waals surface area (Å²) in [7, 11) is 1.57. The van der Waals surface area contributed by atoms with Gasteiger partial charge in [-0.1, -0.05) is 29.8 Å². The molecule has 0 heterocycles. The van der Waals surface area contributed by atoms with Crippen LogP contribution in [0.4, 0.5) is 0 Å². The molecule has 0 atom stereocenters. The van der Waals surface area contributed by atoms with Gasteiger partial charge in [-0.05, 0) is 29.8 Å². The highest BCUT2D eigenvalue weighted by Crippen LogP contribution is 2.36. The predicted molar refractivity (Wildman–Crippen MR) is 70.4 cm³/mol. The van der Waals surface area contributed by atoms with Crippen LogP contribution >= 0.6 is 11.6 Å². The first kappa shape index (κ1) is 12.5. The second-order valence-electron chi connectivity index (χ2n) is 3.70. The number of hydrogen-bond acceptors (Lipinski definition) is 2. The lowest BCUT2D eigenvalue weighted by Crippen LogP contribution is -1.95. The first-order valence-corrected chi connectivity index (χ1v) is 5.67. The molecule has 2 rings (SSSR count). The topological polar surface area (TPSA) is 46.5 Å². The first-order chi connectivity index (χ1) is 8.63. The fourth-order valence-corrected chi connectivity index (χ4v) is 2.01. The van der Waals surface area contributed by atoms with Crippen LogP contribution in [-0.2, 0) is 0 Å². The molecule has 0 fully saturated rings. The highest BCUT2D eigenvalue weighted by atomic mass is 35.5. The lowest BCUT2D eigenvalue weighted by atomic mass is 10.0. The number of carboxylic acids is 1. The number of halogens is 1. The van der Waals surface area contributed by atoms with Crippen molar-refractivity contribution in [3.63, 3.8) is 0 Å². The molecule has 0 saturated carbocycles. The van der Waals surface area contributed by atoms with E-state index in [1.165, 1.54) is 0 Å². The van der Waals surface area contributed by atoms with Crippen molar-refractivity contribution in [3.8, 4) is 16.9 Å². The SMILES string of the molecule is COc1cccc(Cl)c1-c1ccc(C(=O)O)cc1. The molecule has 3 nitrogen and oxygen atoms in total. The van der Waals surface area contributed by atoms with Gasteiger partial charge in [0.2, 0.25) is 0 Å². The van der Waals surface area contributed by atoms with Crippen LogP contribution in [0.5, 0.6) is 5.75 Å². The van der Waals surface area contributed by atoms with Gasteiger partial charge >= 0.3 is 5.97 Å². The molecule has 1 N–H and O–H groups in total. The van der Waals surface area contributed by atoms with Crippen LogP contribution in [0.3, 0.4) is 0 Å². The molecule has 2 aromatic rings. The van der Waals surface area contributed by atoms with Crippen LogP contribution in [0, 0.1) is 0 Å². The maximum atomic E-state index is 10.8. The summed E-state index contributed by atoms with van der Waals surface area (Å²) >= 11 is 6.15. The van der Waals surface area contributed by atoms with Crippen molar-refractivity contribution in [1.29, 1.82) is 0 Å². The molecule has 0 aromatic heterocycles. The lowest BCUT2D eigenvalue weighted by Gasteiger charge is -2.10. The molecule has 0 spiro atoms. The number of hydrogen-bond donors (Lipinski definition) is 1. The molecular weight excluding hydrogens is 252 g/mol. The second kappa shape index (κ2) is 5.10. The number of rotatable bonds is 3. The molecule has 0 aliphatic carbocycles. The van der Waals surface area contributed by atoms with Crippen molar-refractivity contribution in [1.82, 2.24) is 0 Å². The van der Waals surface area contributed by atoms with E-state index in [4.69, 9.17) is 21.4 Å². The van der Waals surface area contributed by atoms with E-state index in [0.717, 1.165) is 11.1 Å². The minimum absolute atomic E-state index is 0.241. The highest BCUT2D eigenvalue weighted by Gasteiger charge is 2.10. The van der Waals surface area contributed by atoms with Crippen LogP contribution in [0.25, 0.3) is 11.1 Å². The molecule has 0 aliphatic heterocycles. The molecule has 18 heavy (non-hydrogen) atoms. The monoisotopic (exact) mass is 262 g/mol. The largest absolute Gasteiger partial charge is 0.496 e. The Labute approximate surface area is 110 Å². The second-order valence-corrected chi connectivity index (χ2v) is 4.11. The Morgan fingerprint density at radius 3 is 2.39 bits per heavy atom. The maximum absolute atomic E-state index is 10.8. The lowest BCUT2D eigenvalue weighted by molar-refractivity contribution is 0.0697. The summed E-state index contributed by atoms with van der Waals surface area (Å²) in [6.07, 6.45) is 0. The summed E-state index contributed by atoms with van der Waals surface area (Å²) in [6, 6.07) is 11.9. The van der Waals surface area contributed by atoms with Crippen LogP contribution in [-0.4, -0.2) is 18.2 Å². The minimum atomic E-state index is -0.951. The summed E-state index contributed by atoms with van der Waals surface area (Å²) in [5.74, 6) is -0.293. The average Bonchev–Trinajstić information content (AvgIpc) is 2.38. The van der Waals surface area contributed by atoms with Gasteiger partial charge in [-0.15, -0.1) is 0 Å². The molecule has 0 radical (unpaired) electrons. The zero-order chi connectivity index (χ0) is 13.1. The standard InChI is InChI=1S/C14H11ClO3/c1-18-12-4-2-3-11(15)13(12)9-5-7-10(8-6-9)14(16)17/h2-8H,1H3,(H,16,17). The molecule has 4 heteroatoms. The fraction of sp³-hybridized carbons (Fsp3) is 0.0714. The smallest absolute Gasteiger partial charge is 0.335 e. The third kappa shape index (κ3) is 2.31. The number of methoxy groups -OCH3 is 1. The van der Waals surface area contributed by atoms with E-state index in [1.54, 1.807) is 43.5 Å². The maximum Gasteiger partial charge on any atom is 0.335 e. The van der Waals surface area contributed by atoms with E-state index in [0.29, 0.717) is 10.8 Å². The summed E-state index contributed by atoms with van der Waals surface area (Å²) < 4.78 is 5.26. The number of aromatic carboxylic acids is 1. The quantitative estimate of drug-likeness (QED) is 0.917.